The SMILES string of the molecule is CSCCCNC(=O)C1CCCN(c2nc(C)c3ccc(S(C)(=O)=O)cc3n2)C1. The number of sulfone groups is 1. The molecule has 1 aliphatic heterocycles. The van der Waals surface area contributed by atoms with Crippen molar-refractivity contribution in [3.05, 3.63) is 23.9 Å². The number of anilines is 1. The Bertz CT molecular complexity index is 995. The van der Waals surface area contributed by atoms with Crippen LogP contribution in [0, 0.1) is 12.8 Å². The molecule has 1 N–H and O–H groups in total. The third-order valence-corrected chi connectivity index (χ3v) is 6.98. The zero-order valence-electron chi connectivity index (χ0n) is 17.1. The Balaban J connectivity index is 1.79. The largest absolute Gasteiger partial charge is 0.356 e. The van der Waals surface area contributed by atoms with E-state index in [0.717, 1.165) is 42.6 Å². The highest BCUT2D eigenvalue weighted by molar-refractivity contribution is 7.98. The van der Waals surface area contributed by atoms with Crippen molar-refractivity contribution in [3.63, 3.8) is 0 Å². The third kappa shape index (κ3) is 5.39. The molecule has 7 nitrogen and oxygen atoms in total. The van der Waals surface area contributed by atoms with Crippen LogP contribution in [0.4, 0.5) is 5.95 Å². The van der Waals surface area contributed by atoms with Crippen molar-refractivity contribution in [3.8, 4) is 0 Å². The maximum atomic E-state index is 12.5. The van der Waals surface area contributed by atoms with Gasteiger partial charge < -0.3 is 10.2 Å². The zero-order chi connectivity index (χ0) is 21.0. The number of benzene rings is 1. The number of hydrogen-bond acceptors (Lipinski definition) is 7. The van der Waals surface area contributed by atoms with Crippen LogP contribution >= 0.6 is 11.8 Å². The summed E-state index contributed by atoms with van der Waals surface area (Å²) in [7, 11) is -3.31. The first-order valence-electron chi connectivity index (χ1n) is 9.79. The first-order chi connectivity index (χ1) is 13.8. The van der Waals surface area contributed by atoms with Gasteiger partial charge in [-0.1, -0.05) is 0 Å². The summed E-state index contributed by atoms with van der Waals surface area (Å²) in [5.41, 5.74) is 1.41. The van der Waals surface area contributed by atoms with E-state index in [0.29, 0.717) is 24.6 Å². The number of rotatable bonds is 7. The smallest absolute Gasteiger partial charge is 0.226 e. The molecule has 0 bridgehead atoms. The molecule has 1 atom stereocenters. The molecule has 1 fully saturated rings. The first kappa shape index (κ1) is 21.8. The second-order valence-corrected chi connectivity index (χ2v) is 10.5. The van der Waals surface area contributed by atoms with E-state index in [4.69, 9.17) is 0 Å². The Morgan fingerprint density at radius 1 is 1.34 bits per heavy atom. The summed E-state index contributed by atoms with van der Waals surface area (Å²) in [6.07, 6.45) is 5.97. The number of thioether (sulfide) groups is 1. The molecule has 3 rings (SSSR count). The van der Waals surface area contributed by atoms with Crippen molar-refractivity contribution in [1.29, 1.82) is 0 Å². The normalized spacial score (nSPS) is 17.5. The molecule has 0 saturated carbocycles. The summed E-state index contributed by atoms with van der Waals surface area (Å²) in [6, 6.07) is 4.95. The number of hydrogen-bond donors (Lipinski definition) is 1. The minimum absolute atomic E-state index is 0.0833. The van der Waals surface area contributed by atoms with Gasteiger partial charge in [-0.05, 0) is 56.4 Å². The van der Waals surface area contributed by atoms with E-state index in [-0.39, 0.29) is 16.7 Å². The molecule has 9 heteroatoms. The molecule has 0 radical (unpaired) electrons. The van der Waals surface area contributed by atoms with E-state index < -0.39 is 9.84 Å². The summed E-state index contributed by atoms with van der Waals surface area (Å²) in [6.45, 7) is 3.96. The fourth-order valence-electron chi connectivity index (χ4n) is 3.57. The van der Waals surface area contributed by atoms with E-state index in [1.54, 1.807) is 30.0 Å². The number of amides is 1. The van der Waals surface area contributed by atoms with Crippen molar-refractivity contribution < 1.29 is 13.2 Å². The Morgan fingerprint density at radius 3 is 2.86 bits per heavy atom. The molecule has 1 aromatic heterocycles. The van der Waals surface area contributed by atoms with Gasteiger partial charge in [-0.25, -0.2) is 18.4 Å². The Hall–Kier alpha value is -1.87. The second-order valence-electron chi connectivity index (χ2n) is 7.48. The van der Waals surface area contributed by atoms with Gasteiger partial charge in [0.05, 0.1) is 22.0 Å². The van der Waals surface area contributed by atoms with Crippen LogP contribution in [0.5, 0.6) is 0 Å². The minimum atomic E-state index is -3.31. The highest BCUT2D eigenvalue weighted by Gasteiger charge is 2.27. The quantitative estimate of drug-likeness (QED) is 0.667. The van der Waals surface area contributed by atoms with Crippen molar-refractivity contribution in [2.75, 3.05) is 42.8 Å². The number of piperidine rings is 1. The van der Waals surface area contributed by atoms with Gasteiger partial charge in [0.25, 0.3) is 0 Å². The van der Waals surface area contributed by atoms with Crippen molar-refractivity contribution in [1.82, 2.24) is 15.3 Å². The highest BCUT2D eigenvalue weighted by Crippen LogP contribution is 2.25. The lowest BCUT2D eigenvalue weighted by Crippen LogP contribution is -2.44. The van der Waals surface area contributed by atoms with Gasteiger partial charge in [0, 0.05) is 31.3 Å². The molecule has 0 spiro atoms. The number of fused-ring (bicyclic) bond motifs is 1. The first-order valence-corrected chi connectivity index (χ1v) is 13.1. The van der Waals surface area contributed by atoms with Gasteiger partial charge in [0.2, 0.25) is 11.9 Å². The lowest BCUT2D eigenvalue weighted by atomic mass is 9.97. The molecule has 0 aliphatic carbocycles. The maximum absolute atomic E-state index is 12.5. The van der Waals surface area contributed by atoms with Gasteiger partial charge in [-0.3, -0.25) is 4.79 Å². The van der Waals surface area contributed by atoms with E-state index in [9.17, 15) is 13.2 Å². The van der Waals surface area contributed by atoms with Crippen molar-refractivity contribution in [2.24, 2.45) is 5.92 Å². The number of nitrogens with zero attached hydrogens (tertiary/aromatic N) is 3. The minimum Gasteiger partial charge on any atom is -0.356 e. The predicted molar refractivity (Wildman–Crippen MR) is 118 cm³/mol. The summed E-state index contributed by atoms with van der Waals surface area (Å²) < 4.78 is 23.8. The Kier molecular flexibility index (Phi) is 7.00. The van der Waals surface area contributed by atoms with Crippen LogP contribution in [0.25, 0.3) is 10.9 Å². The number of aromatic nitrogens is 2. The molecule has 1 aromatic carbocycles. The van der Waals surface area contributed by atoms with Crippen LogP contribution in [0.1, 0.15) is 25.0 Å². The average Bonchev–Trinajstić information content (AvgIpc) is 2.70. The van der Waals surface area contributed by atoms with Crippen LogP contribution in [0.15, 0.2) is 23.1 Å². The molecule has 1 unspecified atom stereocenters. The van der Waals surface area contributed by atoms with Crippen LogP contribution in [-0.4, -0.2) is 62.2 Å². The van der Waals surface area contributed by atoms with E-state index >= 15 is 0 Å². The standard InChI is InChI=1S/C20H28N4O3S2/c1-14-17-8-7-16(29(3,26)27)12-18(17)23-20(22-14)24-10-4-6-15(13-24)19(25)21-9-5-11-28-2/h7-8,12,15H,4-6,9-11,13H2,1-3H3,(H,21,25). The average molecular weight is 437 g/mol. The van der Waals surface area contributed by atoms with Crippen LogP contribution in [0.2, 0.25) is 0 Å². The molecule has 158 valence electrons. The Morgan fingerprint density at radius 2 is 2.14 bits per heavy atom. The van der Waals surface area contributed by atoms with E-state index in [2.05, 4.69) is 21.5 Å². The van der Waals surface area contributed by atoms with Crippen molar-refractivity contribution in [2.45, 2.75) is 31.1 Å². The summed E-state index contributed by atoms with van der Waals surface area (Å²) in [5.74, 6) is 1.60. The number of aryl methyl sites for hydroxylation is 1. The second kappa shape index (κ2) is 9.30. The molecule has 1 aliphatic rings. The molecular formula is C20H28N4O3S2. The number of carbonyl (C=O) groups is 1. The van der Waals surface area contributed by atoms with Crippen molar-refractivity contribution >= 4 is 44.4 Å². The van der Waals surface area contributed by atoms with Gasteiger partial charge in [0.1, 0.15) is 0 Å². The highest BCUT2D eigenvalue weighted by atomic mass is 32.2. The zero-order valence-corrected chi connectivity index (χ0v) is 18.8. The van der Waals surface area contributed by atoms with Gasteiger partial charge >= 0.3 is 0 Å². The predicted octanol–water partition coefficient (Wildman–Crippen LogP) is 2.43. The summed E-state index contributed by atoms with van der Waals surface area (Å²) in [4.78, 5) is 24.1. The molecule has 1 saturated heterocycles. The van der Waals surface area contributed by atoms with E-state index in [1.807, 2.05) is 11.8 Å². The van der Waals surface area contributed by atoms with Crippen LogP contribution < -0.4 is 10.2 Å². The molecule has 2 heterocycles. The van der Waals surface area contributed by atoms with Gasteiger partial charge in [-0.15, -0.1) is 0 Å². The summed E-state index contributed by atoms with van der Waals surface area (Å²) in [5, 5.41) is 3.87. The Labute approximate surface area is 176 Å². The third-order valence-electron chi connectivity index (χ3n) is 5.17. The molecule has 2 aromatic rings. The lowest BCUT2D eigenvalue weighted by molar-refractivity contribution is -0.125. The topological polar surface area (TPSA) is 92.3 Å². The van der Waals surface area contributed by atoms with Crippen LogP contribution in [-0.2, 0) is 14.6 Å². The van der Waals surface area contributed by atoms with Crippen LogP contribution in [0.3, 0.4) is 0 Å². The number of carbonyl (C=O) groups excluding carboxylic acids is 1. The molecule has 1 amide bonds. The van der Waals surface area contributed by atoms with E-state index in [1.165, 1.54) is 6.26 Å². The lowest BCUT2D eigenvalue weighted by Gasteiger charge is -2.32. The molecule has 29 heavy (non-hydrogen) atoms. The van der Waals surface area contributed by atoms with Gasteiger partial charge in [0.15, 0.2) is 9.84 Å². The fourth-order valence-corrected chi connectivity index (χ4v) is 4.64. The molecular weight excluding hydrogens is 408 g/mol. The number of nitrogens with one attached hydrogen (secondary N) is 1. The summed E-state index contributed by atoms with van der Waals surface area (Å²) >= 11 is 1.78. The monoisotopic (exact) mass is 436 g/mol. The fraction of sp³-hybridized carbons (Fsp3) is 0.550. The maximum Gasteiger partial charge on any atom is 0.226 e. The van der Waals surface area contributed by atoms with Gasteiger partial charge in [-0.2, -0.15) is 11.8 Å².